The van der Waals surface area contributed by atoms with Crippen molar-refractivity contribution in [1.29, 1.82) is 0 Å². The lowest BCUT2D eigenvalue weighted by Gasteiger charge is -2.32. The van der Waals surface area contributed by atoms with Gasteiger partial charge in [0.1, 0.15) is 0 Å². The Morgan fingerprint density at radius 3 is 2.90 bits per heavy atom. The fraction of sp³-hybridized carbons (Fsp3) is 0.688. The molecule has 1 aromatic rings. The summed E-state index contributed by atoms with van der Waals surface area (Å²) in [4.78, 5) is 9.39. The van der Waals surface area contributed by atoms with Crippen LogP contribution in [0, 0.1) is 0 Å². The summed E-state index contributed by atoms with van der Waals surface area (Å²) in [6.45, 7) is 8.93. The Labute approximate surface area is 123 Å². The van der Waals surface area contributed by atoms with E-state index >= 15 is 0 Å². The van der Waals surface area contributed by atoms with Crippen LogP contribution in [0.2, 0.25) is 0 Å². The van der Waals surface area contributed by atoms with E-state index in [4.69, 9.17) is 0 Å². The lowest BCUT2D eigenvalue weighted by molar-refractivity contribution is 0.328. The van der Waals surface area contributed by atoms with Crippen LogP contribution >= 0.6 is 0 Å². The molecule has 0 aliphatic carbocycles. The maximum absolute atomic E-state index is 4.41. The highest BCUT2D eigenvalue weighted by molar-refractivity contribution is 5.56. The van der Waals surface area contributed by atoms with Crippen molar-refractivity contribution < 1.29 is 0 Å². The molecule has 1 saturated heterocycles. The Morgan fingerprint density at radius 1 is 1.30 bits per heavy atom. The Morgan fingerprint density at radius 2 is 2.15 bits per heavy atom. The minimum Gasteiger partial charge on any atom is -0.384 e. The molecule has 4 heteroatoms. The third kappa shape index (κ3) is 3.85. The van der Waals surface area contributed by atoms with E-state index in [-0.39, 0.29) is 0 Å². The molecule has 1 aromatic heterocycles. The zero-order valence-corrected chi connectivity index (χ0v) is 13.1. The van der Waals surface area contributed by atoms with E-state index in [1.54, 1.807) is 0 Å². The molecule has 1 fully saturated rings. The van der Waals surface area contributed by atoms with Gasteiger partial charge in [0.25, 0.3) is 0 Å². The van der Waals surface area contributed by atoms with E-state index in [2.05, 4.69) is 47.1 Å². The smallest absolute Gasteiger partial charge is 0.0576 e. The molecule has 2 heterocycles. The maximum atomic E-state index is 4.41. The highest BCUT2D eigenvalue weighted by Gasteiger charge is 2.22. The van der Waals surface area contributed by atoms with E-state index in [1.165, 1.54) is 25.1 Å². The lowest BCUT2D eigenvalue weighted by atomic mass is 10.1. The minimum absolute atomic E-state index is 0.589. The monoisotopic (exact) mass is 276 g/mol. The van der Waals surface area contributed by atoms with Crippen LogP contribution in [-0.2, 0) is 0 Å². The highest BCUT2D eigenvalue weighted by Crippen LogP contribution is 2.23. The quantitative estimate of drug-likeness (QED) is 0.896. The average molecular weight is 276 g/mol. The van der Waals surface area contributed by atoms with Crippen LogP contribution in [0.1, 0.15) is 33.1 Å². The summed E-state index contributed by atoms with van der Waals surface area (Å²) in [7, 11) is 2.23. The molecule has 1 unspecified atom stereocenters. The molecule has 0 radical (unpaired) electrons. The van der Waals surface area contributed by atoms with Crippen molar-refractivity contribution in [2.24, 2.45) is 0 Å². The van der Waals surface area contributed by atoms with Crippen LogP contribution < -0.4 is 10.2 Å². The van der Waals surface area contributed by atoms with Crippen LogP contribution in [0.5, 0.6) is 0 Å². The highest BCUT2D eigenvalue weighted by atomic mass is 15.2. The van der Waals surface area contributed by atoms with E-state index in [9.17, 15) is 0 Å². The van der Waals surface area contributed by atoms with Crippen molar-refractivity contribution in [3.8, 4) is 0 Å². The van der Waals surface area contributed by atoms with Gasteiger partial charge in [-0.05, 0) is 38.9 Å². The van der Waals surface area contributed by atoms with Gasteiger partial charge in [-0.15, -0.1) is 0 Å². The first-order valence-corrected chi connectivity index (χ1v) is 7.88. The second-order valence-electron chi connectivity index (χ2n) is 5.73. The predicted molar refractivity (Wildman–Crippen MR) is 86.6 cm³/mol. The van der Waals surface area contributed by atoms with Crippen molar-refractivity contribution in [3.05, 3.63) is 18.5 Å². The topological polar surface area (TPSA) is 31.4 Å². The Bertz CT molecular complexity index is 407. The van der Waals surface area contributed by atoms with Crippen molar-refractivity contribution in [1.82, 2.24) is 9.88 Å². The molecular formula is C16H28N4. The van der Waals surface area contributed by atoms with Gasteiger partial charge in [-0.1, -0.05) is 13.8 Å². The van der Waals surface area contributed by atoms with Crippen LogP contribution in [0.25, 0.3) is 0 Å². The van der Waals surface area contributed by atoms with E-state index < -0.39 is 0 Å². The molecule has 0 spiro atoms. The lowest BCUT2D eigenvalue weighted by Crippen LogP contribution is -2.39. The summed E-state index contributed by atoms with van der Waals surface area (Å²) in [5.74, 6) is 0. The van der Waals surface area contributed by atoms with Crippen molar-refractivity contribution in [2.75, 3.05) is 43.4 Å². The Balaban J connectivity index is 2.15. The summed E-state index contributed by atoms with van der Waals surface area (Å²) in [6, 6.07) is 2.84. The van der Waals surface area contributed by atoms with Crippen LogP contribution in [0.15, 0.2) is 18.5 Å². The molecule has 1 aliphatic heterocycles. The number of rotatable bonds is 5. The molecule has 2 rings (SSSR count). The fourth-order valence-electron chi connectivity index (χ4n) is 2.88. The van der Waals surface area contributed by atoms with Gasteiger partial charge in [0.2, 0.25) is 0 Å². The fourth-order valence-corrected chi connectivity index (χ4v) is 2.88. The number of hydrogen-bond donors (Lipinski definition) is 1. The molecule has 1 atom stereocenters. The zero-order valence-electron chi connectivity index (χ0n) is 13.1. The molecule has 1 aliphatic rings. The molecule has 112 valence electrons. The number of pyridine rings is 1. The van der Waals surface area contributed by atoms with Gasteiger partial charge < -0.3 is 15.1 Å². The third-order valence-corrected chi connectivity index (χ3v) is 4.01. The number of hydrogen-bond acceptors (Lipinski definition) is 4. The molecule has 4 nitrogen and oxygen atoms in total. The molecule has 20 heavy (non-hydrogen) atoms. The molecule has 0 aromatic carbocycles. The minimum atomic E-state index is 0.589. The molecular weight excluding hydrogens is 248 g/mol. The Kier molecular flexibility index (Phi) is 5.65. The molecule has 0 bridgehead atoms. The summed E-state index contributed by atoms with van der Waals surface area (Å²) in [6.07, 6.45) is 7.46. The van der Waals surface area contributed by atoms with Gasteiger partial charge in [-0.25, -0.2) is 0 Å². The van der Waals surface area contributed by atoms with Crippen LogP contribution in [-0.4, -0.2) is 49.2 Å². The molecule has 0 amide bonds. The van der Waals surface area contributed by atoms with Gasteiger partial charge in [-0.2, -0.15) is 0 Å². The van der Waals surface area contributed by atoms with Gasteiger partial charge in [0.15, 0.2) is 0 Å². The van der Waals surface area contributed by atoms with Crippen molar-refractivity contribution in [3.63, 3.8) is 0 Å². The first kappa shape index (κ1) is 15.1. The van der Waals surface area contributed by atoms with Crippen LogP contribution in [0.3, 0.4) is 0 Å². The first-order chi connectivity index (χ1) is 9.74. The molecule has 0 saturated carbocycles. The number of anilines is 2. The number of likely N-dealkylation sites (N-methyl/N-ethyl adjacent to an activating group) is 1. The Hall–Kier alpha value is -1.29. The normalized spacial score (nSPS) is 20.8. The second-order valence-corrected chi connectivity index (χ2v) is 5.73. The van der Waals surface area contributed by atoms with Gasteiger partial charge in [-0.3, -0.25) is 4.98 Å². The first-order valence-electron chi connectivity index (χ1n) is 7.88. The van der Waals surface area contributed by atoms with Crippen molar-refractivity contribution in [2.45, 2.75) is 39.2 Å². The van der Waals surface area contributed by atoms with Gasteiger partial charge in [0.05, 0.1) is 23.8 Å². The number of nitrogens with one attached hydrogen (secondary N) is 1. The van der Waals surface area contributed by atoms with E-state index in [1.807, 2.05) is 12.4 Å². The standard InChI is InChI=1S/C16H28N4/c1-4-7-18-14-10-16(12-17-11-14)20-9-6-8-19(3)13-15(20)5-2/h10-12,15,18H,4-9,13H2,1-3H3. The maximum Gasteiger partial charge on any atom is 0.0576 e. The van der Waals surface area contributed by atoms with Crippen LogP contribution in [0.4, 0.5) is 11.4 Å². The summed E-state index contributed by atoms with van der Waals surface area (Å²) < 4.78 is 0. The largest absolute Gasteiger partial charge is 0.384 e. The van der Waals surface area contributed by atoms with E-state index in [0.29, 0.717) is 6.04 Å². The molecule has 1 N–H and O–H groups in total. The summed E-state index contributed by atoms with van der Waals surface area (Å²) in [5.41, 5.74) is 2.39. The summed E-state index contributed by atoms with van der Waals surface area (Å²) in [5, 5.41) is 3.43. The van der Waals surface area contributed by atoms with E-state index in [0.717, 1.165) is 31.7 Å². The average Bonchev–Trinajstić information content (AvgIpc) is 2.66. The summed E-state index contributed by atoms with van der Waals surface area (Å²) >= 11 is 0. The SMILES string of the molecule is CCCNc1cncc(N2CCCN(C)CC2CC)c1. The predicted octanol–water partition coefficient (Wildman–Crippen LogP) is 2.82. The second kappa shape index (κ2) is 7.48. The van der Waals surface area contributed by atoms with Crippen molar-refractivity contribution >= 4 is 11.4 Å². The zero-order chi connectivity index (χ0) is 14.4. The number of aromatic nitrogens is 1. The third-order valence-electron chi connectivity index (χ3n) is 4.01. The van der Waals surface area contributed by atoms with Gasteiger partial charge >= 0.3 is 0 Å². The van der Waals surface area contributed by atoms with Gasteiger partial charge in [0, 0.05) is 25.7 Å². The number of nitrogens with zero attached hydrogens (tertiary/aromatic N) is 3.